The van der Waals surface area contributed by atoms with Crippen molar-refractivity contribution < 1.29 is 13.2 Å². The molecular weight excluding hydrogens is 362 g/mol. The van der Waals surface area contributed by atoms with Crippen LogP contribution in [0.15, 0.2) is 54.6 Å². The number of sulfonamides is 1. The minimum Gasteiger partial charge on any atom is -0.336 e. The highest BCUT2D eigenvalue weighted by molar-refractivity contribution is 7.92. The molecule has 0 spiro atoms. The third kappa shape index (κ3) is 5.55. The van der Waals surface area contributed by atoms with Gasteiger partial charge in [0.2, 0.25) is 10.0 Å². The molecule has 0 saturated carbocycles. The molecule has 0 radical (unpaired) electrons. The standard InChI is InChI=1S/C20H25N3O3S/c1-22-12-14-23(15-13-22)20(24)18-7-9-19(10-8-18)21-27(25,26)16-11-17-5-3-2-4-6-17/h2-10,21H,11-16H2,1H3. The van der Waals surface area contributed by atoms with E-state index in [-0.39, 0.29) is 11.7 Å². The molecule has 0 atom stereocenters. The fraction of sp³-hybridized carbons (Fsp3) is 0.350. The predicted molar refractivity (Wildman–Crippen MR) is 107 cm³/mol. The molecule has 0 aromatic heterocycles. The maximum atomic E-state index is 12.5. The summed E-state index contributed by atoms with van der Waals surface area (Å²) in [5.41, 5.74) is 2.03. The van der Waals surface area contributed by atoms with Crippen molar-refractivity contribution in [2.24, 2.45) is 0 Å². The Morgan fingerprint density at radius 1 is 0.963 bits per heavy atom. The van der Waals surface area contributed by atoms with E-state index in [9.17, 15) is 13.2 Å². The van der Waals surface area contributed by atoms with Crippen LogP contribution in [-0.4, -0.2) is 63.1 Å². The number of piperazine rings is 1. The second-order valence-electron chi connectivity index (χ2n) is 6.83. The molecule has 1 aliphatic heterocycles. The first kappa shape index (κ1) is 19.4. The number of likely N-dealkylation sites (N-methyl/N-ethyl adjacent to an activating group) is 1. The van der Waals surface area contributed by atoms with Crippen molar-refractivity contribution in [1.29, 1.82) is 0 Å². The van der Waals surface area contributed by atoms with Gasteiger partial charge in [-0.2, -0.15) is 0 Å². The van der Waals surface area contributed by atoms with Gasteiger partial charge in [0.15, 0.2) is 0 Å². The zero-order chi connectivity index (χ0) is 19.3. The Morgan fingerprint density at radius 3 is 2.22 bits per heavy atom. The highest BCUT2D eigenvalue weighted by Crippen LogP contribution is 2.15. The summed E-state index contributed by atoms with van der Waals surface area (Å²) in [6, 6.07) is 16.2. The van der Waals surface area contributed by atoms with E-state index in [1.807, 2.05) is 42.3 Å². The summed E-state index contributed by atoms with van der Waals surface area (Å²) < 4.78 is 27.1. The summed E-state index contributed by atoms with van der Waals surface area (Å²) in [5.74, 6) is 0.000466. The first-order valence-electron chi connectivity index (χ1n) is 9.05. The van der Waals surface area contributed by atoms with Gasteiger partial charge in [0.1, 0.15) is 0 Å². The third-order valence-corrected chi connectivity index (χ3v) is 5.99. The lowest BCUT2D eigenvalue weighted by Gasteiger charge is -2.32. The molecule has 1 N–H and O–H groups in total. The smallest absolute Gasteiger partial charge is 0.253 e. The van der Waals surface area contributed by atoms with E-state index >= 15 is 0 Å². The molecule has 2 aromatic rings. The molecule has 7 heteroatoms. The first-order valence-corrected chi connectivity index (χ1v) is 10.7. The quantitative estimate of drug-likeness (QED) is 0.824. The lowest BCUT2D eigenvalue weighted by atomic mass is 10.1. The number of amides is 1. The Balaban J connectivity index is 1.57. The van der Waals surface area contributed by atoms with Crippen LogP contribution in [0.3, 0.4) is 0 Å². The van der Waals surface area contributed by atoms with Gasteiger partial charge < -0.3 is 9.80 Å². The van der Waals surface area contributed by atoms with Crippen molar-refractivity contribution in [3.05, 3.63) is 65.7 Å². The number of aryl methyl sites for hydroxylation is 1. The van der Waals surface area contributed by atoms with E-state index in [1.165, 1.54) is 0 Å². The second-order valence-corrected chi connectivity index (χ2v) is 8.67. The molecule has 0 bridgehead atoms. The van der Waals surface area contributed by atoms with E-state index in [4.69, 9.17) is 0 Å². The van der Waals surface area contributed by atoms with Gasteiger partial charge in [-0.05, 0) is 43.3 Å². The topological polar surface area (TPSA) is 69.7 Å². The second kappa shape index (κ2) is 8.54. The molecule has 27 heavy (non-hydrogen) atoms. The van der Waals surface area contributed by atoms with E-state index in [2.05, 4.69) is 9.62 Å². The lowest BCUT2D eigenvalue weighted by Crippen LogP contribution is -2.47. The zero-order valence-electron chi connectivity index (χ0n) is 15.5. The van der Waals surface area contributed by atoms with Gasteiger partial charge >= 0.3 is 0 Å². The number of anilines is 1. The number of nitrogens with zero attached hydrogens (tertiary/aromatic N) is 2. The number of nitrogens with one attached hydrogen (secondary N) is 1. The lowest BCUT2D eigenvalue weighted by molar-refractivity contribution is 0.0664. The molecule has 1 heterocycles. The van der Waals surface area contributed by atoms with E-state index in [0.29, 0.717) is 30.8 Å². The average Bonchev–Trinajstić information content (AvgIpc) is 2.68. The number of carbonyl (C=O) groups excluding carboxylic acids is 1. The molecule has 0 unspecified atom stereocenters. The number of hydrogen-bond donors (Lipinski definition) is 1. The Kier molecular flexibility index (Phi) is 6.13. The van der Waals surface area contributed by atoms with Crippen LogP contribution in [0.25, 0.3) is 0 Å². The molecule has 2 aromatic carbocycles. The molecular formula is C20H25N3O3S. The van der Waals surface area contributed by atoms with Crippen LogP contribution < -0.4 is 4.72 Å². The van der Waals surface area contributed by atoms with Crippen molar-refractivity contribution in [2.75, 3.05) is 43.7 Å². The van der Waals surface area contributed by atoms with Crippen LogP contribution in [-0.2, 0) is 16.4 Å². The maximum absolute atomic E-state index is 12.5. The number of rotatable bonds is 6. The molecule has 1 aliphatic rings. The largest absolute Gasteiger partial charge is 0.336 e. The molecule has 1 saturated heterocycles. The molecule has 6 nitrogen and oxygen atoms in total. The highest BCUT2D eigenvalue weighted by atomic mass is 32.2. The number of hydrogen-bond acceptors (Lipinski definition) is 4. The van der Waals surface area contributed by atoms with E-state index in [1.54, 1.807) is 24.3 Å². The van der Waals surface area contributed by atoms with Gasteiger partial charge in [0.05, 0.1) is 5.75 Å². The Morgan fingerprint density at radius 2 is 1.59 bits per heavy atom. The normalized spacial score (nSPS) is 15.5. The van der Waals surface area contributed by atoms with E-state index in [0.717, 1.165) is 18.7 Å². The average molecular weight is 388 g/mol. The first-order chi connectivity index (χ1) is 12.9. The Hall–Kier alpha value is -2.38. The van der Waals surface area contributed by atoms with Crippen LogP contribution in [0.1, 0.15) is 15.9 Å². The maximum Gasteiger partial charge on any atom is 0.253 e. The van der Waals surface area contributed by atoms with Crippen LogP contribution in [0, 0.1) is 0 Å². The van der Waals surface area contributed by atoms with Crippen molar-refractivity contribution in [3.63, 3.8) is 0 Å². The monoisotopic (exact) mass is 387 g/mol. The molecule has 1 amide bonds. The minimum absolute atomic E-state index is 0.0124. The van der Waals surface area contributed by atoms with Gasteiger partial charge in [0, 0.05) is 37.4 Å². The van der Waals surface area contributed by atoms with E-state index < -0.39 is 10.0 Å². The summed E-state index contributed by atoms with van der Waals surface area (Å²) in [4.78, 5) is 16.6. The van der Waals surface area contributed by atoms with Crippen molar-refractivity contribution in [1.82, 2.24) is 9.80 Å². The fourth-order valence-electron chi connectivity index (χ4n) is 3.00. The summed E-state index contributed by atoms with van der Waals surface area (Å²) in [6.07, 6.45) is 0.455. The van der Waals surface area contributed by atoms with Crippen molar-refractivity contribution in [2.45, 2.75) is 6.42 Å². The molecule has 144 valence electrons. The minimum atomic E-state index is -3.44. The van der Waals surface area contributed by atoms with Crippen molar-refractivity contribution in [3.8, 4) is 0 Å². The van der Waals surface area contributed by atoms with Crippen LogP contribution in [0.4, 0.5) is 5.69 Å². The number of benzene rings is 2. The Bertz CT molecular complexity index is 859. The summed E-state index contributed by atoms with van der Waals surface area (Å²) in [6.45, 7) is 3.16. The summed E-state index contributed by atoms with van der Waals surface area (Å²) in [7, 11) is -1.40. The highest BCUT2D eigenvalue weighted by Gasteiger charge is 2.20. The van der Waals surface area contributed by atoms with Crippen LogP contribution >= 0.6 is 0 Å². The van der Waals surface area contributed by atoms with Gasteiger partial charge in [-0.3, -0.25) is 9.52 Å². The number of carbonyl (C=O) groups is 1. The third-order valence-electron chi connectivity index (χ3n) is 4.70. The van der Waals surface area contributed by atoms with Crippen LogP contribution in [0.2, 0.25) is 0 Å². The predicted octanol–water partition coefficient (Wildman–Crippen LogP) is 2.06. The Labute approximate surface area is 160 Å². The van der Waals surface area contributed by atoms with Gasteiger partial charge in [-0.15, -0.1) is 0 Å². The van der Waals surface area contributed by atoms with Gasteiger partial charge in [0.25, 0.3) is 5.91 Å². The molecule has 0 aliphatic carbocycles. The van der Waals surface area contributed by atoms with Crippen molar-refractivity contribution >= 4 is 21.6 Å². The van der Waals surface area contributed by atoms with Gasteiger partial charge in [-0.25, -0.2) is 8.42 Å². The van der Waals surface area contributed by atoms with Crippen LogP contribution in [0.5, 0.6) is 0 Å². The SMILES string of the molecule is CN1CCN(C(=O)c2ccc(NS(=O)(=O)CCc3ccccc3)cc2)CC1. The summed E-state index contributed by atoms with van der Waals surface area (Å²) >= 11 is 0. The molecule has 1 fully saturated rings. The fourth-order valence-corrected chi connectivity index (χ4v) is 4.10. The van der Waals surface area contributed by atoms with Gasteiger partial charge in [-0.1, -0.05) is 30.3 Å². The summed E-state index contributed by atoms with van der Waals surface area (Å²) in [5, 5.41) is 0. The zero-order valence-corrected chi connectivity index (χ0v) is 16.3. The molecule has 3 rings (SSSR count).